The second-order valence-electron chi connectivity index (χ2n) is 4.35. The van der Waals surface area contributed by atoms with Gasteiger partial charge in [-0.25, -0.2) is 4.39 Å². The third kappa shape index (κ3) is 3.95. The molecule has 0 saturated heterocycles. The van der Waals surface area contributed by atoms with E-state index in [1.54, 1.807) is 6.07 Å². The maximum Gasteiger partial charge on any atom is 0.123 e. The minimum atomic E-state index is -0.238. The van der Waals surface area contributed by atoms with E-state index in [2.05, 4.69) is 15.9 Å². The summed E-state index contributed by atoms with van der Waals surface area (Å²) >= 11 is 15.5. The summed E-state index contributed by atoms with van der Waals surface area (Å²) in [4.78, 5) is 0. The topological polar surface area (TPSA) is 0 Å². The van der Waals surface area contributed by atoms with Gasteiger partial charge < -0.3 is 0 Å². The van der Waals surface area contributed by atoms with E-state index in [1.165, 1.54) is 12.1 Å². The fourth-order valence-electron chi connectivity index (χ4n) is 1.99. The van der Waals surface area contributed by atoms with Gasteiger partial charge in [-0.2, -0.15) is 0 Å². The highest BCUT2D eigenvalue weighted by Crippen LogP contribution is 2.28. The molecule has 0 aliphatic rings. The van der Waals surface area contributed by atoms with Crippen LogP contribution in [-0.2, 0) is 6.42 Å². The lowest BCUT2D eigenvalue weighted by molar-refractivity contribution is 0.622. The third-order valence-corrected chi connectivity index (χ3v) is 4.36. The van der Waals surface area contributed by atoms with Gasteiger partial charge in [-0.3, -0.25) is 0 Å². The maximum atomic E-state index is 13.3. The second kappa shape index (κ2) is 6.74. The van der Waals surface area contributed by atoms with Crippen molar-refractivity contribution in [1.82, 2.24) is 0 Å². The van der Waals surface area contributed by atoms with Crippen molar-refractivity contribution >= 4 is 39.1 Å². The monoisotopic (exact) mass is 360 g/mol. The number of hydrogen-bond acceptors (Lipinski definition) is 0. The Morgan fingerprint density at radius 3 is 2.63 bits per heavy atom. The number of hydrogen-bond donors (Lipinski definition) is 0. The van der Waals surface area contributed by atoms with E-state index in [-0.39, 0.29) is 11.7 Å². The van der Waals surface area contributed by atoms with Crippen LogP contribution in [0.2, 0.25) is 5.02 Å². The molecule has 0 amide bonds. The summed E-state index contributed by atoms with van der Waals surface area (Å²) in [6.45, 7) is 0. The van der Waals surface area contributed by atoms with Gasteiger partial charge in [-0.1, -0.05) is 39.7 Å². The molecule has 0 aliphatic carbocycles. The largest absolute Gasteiger partial charge is 0.207 e. The van der Waals surface area contributed by atoms with E-state index in [1.807, 2.05) is 24.3 Å². The van der Waals surface area contributed by atoms with Crippen molar-refractivity contribution in [1.29, 1.82) is 0 Å². The quantitative estimate of drug-likeness (QED) is 0.603. The van der Waals surface area contributed by atoms with Crippen molar-refractivity contribution in [2.45, 2.75) is 12.3 Å². The van der Waals surface area contributed by atoms with Crippen LogP contribution >= 0.6 is 39.1 Å². The summed E-state index contributed by atoms with van der Waals surface area (Å²) in [7, 11) is 0. The average molecular weight is 362 g/mol. The van der Waals surface area contributed by atoms with Gasteiger partial charge in [0.1, 0.15) is 5.82 Å². The lowest BCUT2D eigenvalue weighted by Gasteiger charge is -2.16. The van der Waals surface area contributed by atoms with E-state index in [9.17, 15) is 4.39 Å². The van der Waals surface area contributed by atoms with Gasteiger partial charge in [-0.15, -0.1) is 11.6 Å². The van der Waals surface area contributed by atoms with E-state index < -0.39 is 0 Å². The lowest BCUT2D eigenvalue weighted by Crippen LogP contribution is -2.05. The van der Waals surface area contributed by atoms with Gasteiger partial charge in [0.25, 0.3) is 0 Å². The molecule has 1 unspecified atom stereocenters. The average Bonchev–Trinajstić information content (AvgIpc) is 2.39. The van der Waals surface area contributed by atoms with Crippen LogP contribution in [0, 0.1) is 5.82 Å². The number of rotatable bonds is 4. The highest BCUT2D eigenvalue weighted by molar-refractivity contribution is 9.10. The minimum absolute atomic E-state index is 0.110. The smallest absolute Gasteiger partial charge is 0.123 e. The molecular formula is C15H12BrCl2F. The van der Waals surface area contributed by atoms with E-state index in [0.29, 0.717) is 17.3 Å². The van der Waals surface area contributed by atoms with Crippen molar-refractivity contribution in [2.24, 2.45) is 0 Å². The Labute approximate surface area is 130 Å². The first kappa shape index (κ1) is 14.8. The van der Waals surface area contributed by atoms with Crippen molar-refractivity contribution in [3.8, 4) is 0 Å². The molecule has 1 atom stereocenters. The second-order valence-corrected chi connectivity index (χ2v) is 5.95. The summed E-state index contributed by atoms with van der Waals surface area (Å²) in [6, 6.07) is 12.3. The molecule has 0 bridgehead atoms. The SMILES string of the molecule is Fc1ccc(Br)c(CC(CCl)c2cccc(Cl)c2)c1. The van der Waals surface area contributed by atoms with Crippen LogP contribution < -0.4 is 0 Å². The summed E-state index contributed by atoms with van der Waals surface area (Å²) < 4.78 is 14.2. The van der Waals surface area contributed by atoms with Crippen LogP contribution in [0.4, 0.5) is 4.39 Å². The summed E-state index contributed by atoms with van der Waals surface area (Å²) in [5, 5.41) is 0.686. The summed E-state index contributed by atoms with van der Waals surface area (Å²) in [6.07, 6.45) is 0.669. The van der Waals surface area contributed by atoms with Crippen LogP contribution in [0.25, 0.3) is 0 Å². The maximum absolute atomic E-state index is 13.3. The van der Waals surface area contributed by atoms with Gasteiger partial charge in [0.15, 0.2) is 0 Å². The molecule has 2 aromatic rings. The fraction of sp³-hybridized carbons (Fsp3) is 0.200. The Morgan fingerprint density at radius 2 is 1.95 bits per heavy atom. The predicted molar refractivity (Wildman–Crippen MR) is 82.7 cm³/mol. The van der Waals surface area contributed by atoms with Gasteiger partial charge in [0.2, 0.25) is 0 Å². The highest BCUT2D eigenvalue weighted by Gasteiger charge is 2.14. The molecule has 0 saturated carbocycles. The molecule has 0 radical (unpaired) electrons. The molecule has 0 aromatic heterocycles. The molecule has 0 fully saturated rings. The zero-order valence-corrected chi connectivity index (χ0v) is 13.1. The molecule has 4 heteroatoms. The molecular weight excluding hydrogens is 350 g/mol. The standard InChI is InChI=1S/C15H12BrCl2F/c16-15-5-4-14(19)8-11(15)6-12(9-17)10-2-1-3-13(18)7-10/h1-5,7-8,12H,6,9H2. The first-order chi connectivity index (χ1) is 9.10. The minimum Gasteiger partial charge on any atom is -0.207 e. The van der Waals surface area contributed by atoms with Gasteiger partial charge in [0.05, 0.1) is 0 Å². The van der Waals surface area contributed by atoms with Crippen LogP contribution in [0.1, 0.15) is 17.0 Å². The molecule has 0 N–H and O–H groups in total. The molecule has 100 valence electrons. The molecule has 19 heavy (non-hydrogen) atoms. The van der Waals surface area contributed by atoms with E-state index >= 15 is 0 Å². The Balaban J connectivity index is 2.26. The normalized spacial score (nSPS) is 12.4. The van der Waals surface area contributed by atoms with Crippen molar-refractivity contribution in [2.75, 3.05) is 5.88 Å². The predicted octanol–water partition coefficient (Wildman–Crippen LogP) is 5.81. The Morgan fingerprint density at radius 1 is 1.16 bits per heavy atom. The van der Waals surface area contributed by atoms with Crippen LogP contribution in [0.5, 0.6) is 0 Å². The van der Waals surface area contributed by atoms with Crippen LogP contribution in [-0.4, -0.2) is 5.88 Å². The van der Waals surface area contributed by atoms with Crippen molar-refractivity contribution in [3.63, 3.8) is 0 Å². The summed E-state index contributed by atoms with van der Waals surface area (Å²) in [5.74, 6) is 0.333. The van der Waals surface area contributed by atoms with Crippen molar-refractivity contribution < 1.29 is 4.39 Å². The van der Waals surface area contributed by atoms with Gasteiger partial charge in [-0.05, 0) is 47.9 Å². The number of benzene rings is 2. The van der Waals surface area contributed by atoms with Crippen LogP contribution in [0.15, 0.2) is 46.9 Å². The zero-order chi connectivity index (χ0) is 13.8. The molecule has 0 nitrogen and oxygen atoms in total. The first-order valence-corrected chi connectivity index (χ1v) is 7.56. The van der Waals surface area contributed by atoms with Gasteiger partial charge >= 0.3 is 0 Å². The van der Waals surface area contributed by atoms with E-state index in [4.69, 9.17) is 23.2 Å². The fourth-order valence-corrected chi connectivity index (χ4v) is 2.88. The highest BCUT2D eigenvalue weighted by atomic mass is 79.9. The number of halogens is 4. The molecule has 2 aromatic carbocycles. The molecule has 0 spiro atoms. The Bertz CT molecular complexity index is 572. The van der Waals surface area contributed by atoms with Crippen LogP contribution in [0.3, 0.4) is 0 Å². The van der Waals surface area contributed by atoms with E-state index in [0.717, 1.165) is 15.6 Å². The van der Waals surface area contributed by atoms with Gasteiger partial charge in [0, 0.05) is 21.3 Å². The summed E-state index contributed by atoms with van der Waals surface area (Å²) in [5.41, 5.74) is 1.98. The molecule has 2 rings (SSSR count). The lowest BCUT2D eigenvalue weighted by atomic mass is 9.93. The number of alkyl halides is 1. The molecule has 0 aliphatic heterocycles. The van der Waals surface area contributed by atoms with Crippen molar-refractivity contribution in [3.05, 3.63) is 68.9 Å². The third-order valence-electron chi connectivity index (χ3n) is 2.98. The Kier molecular flexibility index (Phi) is 5.26. The Hall–Kier alpha value is -0.570. The first-order valence-electron chi connectivity index (χ1n) is 5.85. The molecule has 0 heterocycles. The zero-order valence-electron chi connectivity index (χ0n) is 10.0.